The molecule has 3 aromatic rings. The van der Waals surface area contributed by atoms with E-state index in [1.54, 1.807) is 6.92 Å². The number of aromatic nitrogens is 2. The molecule has 140 valence electrons. The maximum atomic E-state index is 12.6. The zero-order valence-corrected chi connectivity index (χ0v) is 16.3. The lowest BCUT2D eigenvalue weighted by Crippen LogP contribution is -2.14. The number of thiazole rings is 1. The summed E-state index contributed by atoms with van der Waals surface area (Å²) in [7, 11) is 0. The molecule has 7 nitrogen and oxygen atoms in total. The number of nitrogens with one attached hydrogen (secondary N) is 2. The van der Waals surface area contributed by atoms with E-state index in [-0.39, 0.29) is 17.7 Å². The summed E-state index contributed by atoms with van der Waals surface area (Å²) in [5.41, 5.74) is 3.38. The third-order valence-electron chi connectivity index (χ3n) is 3.87. The Labute approximate surface area is 160 Å². The van der Waals surface area contributed by atoms with E-state index < -0.39 is 0 Å². The first kappa shape index (κ1) is 18.8. The van der Waals surface area contributed by atoms with Gasteiger partial charge in [-0.15, -0.1) is 11.3 Å². The van der Waals surface area contributed by atoms with Gasteiger partial charge in [-0.1, -0.05) is 31.1 Å². The van der Waals surface area contributed by atoms with Crippen molar-refractivity contribution in [1.29, 1.82) is 0 Å². The number of hydrogen-bond donors (Lipinski definition) is 2. The van der Waals surface area contributed by atoms with Gasteiger partial charge in [0.05, 0.1) is 11.4 Å². The van der Waals surface area contributed by atoms with Crippen molar-refractivity contribution in [3.8, 4) is 11.3 Å². The van der Waals surface area contributed by atoms with E-state index in [0.717, 1.165) is 16.9 Å². The predicted octanol–water partition coefficient (Wildman–Crippen LogP) is 4.44. The molecule has 0 bridgehead atoms. The number of rotatable bonds is 5. The number of anilines is 2. The van der Waals surface area contributed by atoms with Crippen molar-refractivity contribution in [3.63, 3.8) is 0 Å². The highest BCUT2D eigenvalue weighted by Crippen LogP contribution is 2.28. The van der Waals surface area contributed by atoms with Crippen LogP contribution in [0.15, 0.2) is 34.2 Å². The number of carbonyl (C=O) groups excluding carboxylic acids is 2. The van der Waals surface area contributed by atoms with Crippen molar-refractivity contribution < 1.29 is 14.1 Å². The maximum absolute atomic E-state index is 12.6. The molecule has 2 aromatic heterocycles. The molecule has 1 aromatic carbocycles. The van der Waals surface area contributed by atoms with Crippen LogP contribution in [0.25, 0.3) is 11.3 Å². The molecule has 0 atom stereocenters. The summed E-state index contributed by atoms with van der Waals surface area (Å²) in [6.07, 6.45) is 0. The number of benzene rings is 1. The van der Waals surface area contributed by atoms with E-state index in [1.807, 2.05) is 43.5 Å². The van der Waals surface area contributed by atoms with Crippen molar-refractivity contribution in [2.45, 2.75) is 33.6 Å². The Kier molecular flexibility index (Phi) is 5.36. The smallest absolute Gasteiger partial charge is 0.262 e. The van der Waals surface area contributed by atoms with Gasteiger partial charge in [0, 0.05) is 29.5 Å². The van der Waals surface area contributed by atoms with Crippen molar-refractivity contribution >= 4 is 34.0 Å². The number of hydrogen-bond acceptors (Lipinski definition) is 6. The van der Waals surface area contributed by atoms with E-state index in [2.05, 4.69) is 20.8 Å². The van der Waals surface area contributed by atoms with Crippen LogP contribution in [0.1, 0.15) is 48.5 Å². The molecule has 0 aliphatic heterocycles. The quantitative estimate of drug-likeness (QED) is 0.678. The maximum Gasteiger partial charge on any atom is 0.262 e. The van der Waals surface area contributed by atoms with Crippen LogP contribution in [-0.2, 0) is 4.79 Å². The Morgan fingerprint density at radius 1 is 1.15 bits per heavy atom. The summed E-state index contributed by atoms with van der Waals surface area (Å²) in [4.78, 5) is 28.2. The molecule has 0 fully saturated rings. The molecule has 0 spiro atoms. The van der Waals surface area contributed by atoms with Crippen molar-refractivity contribution in [2.75, 3.05) is 10.6 Å². The topological polar surface area (TPSA) is 97.1 Å². The summed E-state index contributed by atoms with van der Waals surface area (Å²) < 4.78 is 5.27. The van der Waals surface area contributed by atoms with Gasteiger partial charge in [-0.25, -0.2) is 4.98 Å². The van der Waals surface area contributed by atoms with Crippen LogP contribution in [0.5, 0.6) is 0 Å². The number of carbonyl (C=O) groups is 2. The fraction of sp³-hybridized carbons (Fsp3) is 0.263. The number of nitrogens with zero attached hydrogens (tertiary/aromatic N) is 2. The van der Waals surface area contributed by atoms with Crippen LogP contribution in [0.4, 0.5) is 10.8 Å². The minimum absolute atomic E-state index is 0.0564. The highest BCUT2D eigenvalue weighted by Gasteiger charge is 2.23. The van der Waals surface area contributed by atoms with E-state index in [4.69, 9.17) is 4.52 Å². The largest absolute Gasteiger partial charge is 0.360 e. The monoisotopic (exact) mass is 384 g/mol. The molecule has 2 heterocycles. The summed E-state index contributed by atoms with van der Waals surface area (Å²) in [6, 6.07) is 7.35. The van der Waals surface area contributed by atoms with E-state index >= 15 is 0 Å². The lowest BCUT2D eigenvalue weighted by Gasteiger charge is -2.05. The Hall–Kier alpha value is -3.00. The first-order valence-corrected chi connectivity index (χ1v) is 9.34. The molecule has 8 heteroatoms. The third-order valence-corrected chi connectivity index (χ3v) is 4.62. The molecule has 2 N–H and O–H groups in total. The second-order valence-corrected chi connectivity index (χ2v) is 7.27. The van der Waals surface area contributed by atoms with Gasteiger partial charge in [-0.2, -0.15) is 0 Å². The fourth-order valence-corrected chi connectivity index (χ4v) is 3.32. The molecular formula is C19H20N4O3S. The molecule has 0 saturated heterocycles. The van der Waals surface area contributed by atoms with Gasteiger partial charge in [0.15, 0.2) is 10.9 Å². The van der Waals surface area contributed by atoms with Gasteiger partial charge in [-0.05, 0) is 19.1 Å². The Balaban J connectivity index is 1.76. The van der Waals surface area contributed by atoms with Crippen LogP contribution in [0.3, 0.4) is 0 Å². The highest BCUT2D eigenvalue weighted by atomic mass is 32.1. The number of amides is 2. The first-order valence-electron chi connectivity index (χ1n) is 8.46. The molecule has 0 unspecified atom stereocenters. The normalized spacial score (nSPS) is 10.9. The standard InChI is InChI=1S/C19H20N4O3S/c1-10(2)17-16(11(3)23-26-17)18(25)22-19-21-15(9-27-19)13-5-7-14(8-6-13)20-12(4)24/h5-10H,1-4H3,(H,20,24)(H,21,22,25). The van der Waals surface area contributed by atoms with E-state index in [0.29, 0.717) is 22.1 Å². The third kappa shape index (κ3) is 4.22. The molecule has 0 saturated carbocycles. The van der Waals surface area contributed by atoms with Gasteiger partial charge < -0.3 is 9.84 Å². The molecule has 27 heavy (non-hydrogen) atoms. The Morgan fingerprint density at radius 3 is 2.48 bits per heavy atom. The summed E-state index contributed by atoms with van der Waals surface area (Å²) >= 11 is 1.34. The average Bonchev–Trinajstić information content (AvgIpc) is 3.21. The Morgan fingerprint density at radius 2 is 1.85 bits per heavy atom. The zero-order valence-electron chi connectivity index (χ0n) is 15.5. The molecule has 0 radical (unpaired) electrons. The lowest BCUT2D eigenvalue weighted by atomic mass is 10.0. The second kappa shape index (κ2) is 7.71. The Bertz CT molecular complexity index is 973. The molecule has 2 amide bonds. The second-order valence-electron chi connectivity index (χ2n) is 6.41. The summed E-state index contributed by atoms with van der Waals surface area (Å²) in [5.74, 6) is 0.224. The van der Waals surface area contributed by atoms with Gasteiger partial charge in [0.2, 0.25) is 5.91 Å². The minimum Gasteiger partial charge on any atom is -0.360 e. The van der Waals surface area contributed by atoms with Crippen molar-refractivity contribution in [2.24, 2.45) is 0 Å². The van der Waals surface area contributed by atoms with Crippen molar-refractivity contribution in [3.05, 3.63) is 46.7 Å². The zero-order chi connectivity index (χ0) is 19.6. The molecule has 0 aliphatic rings. The van der Waals surface area contributed by atoms with Crippen LogP contribution >= 0.6 is 11.3 Å². The predicted molar refractivity (Wildman–Crippen MR) is 105 cm³/mol. The molecule has 0 aliphatic carbocycles. The van der Waals surface area contributed by atoms with Crippen LogP contribution in [0.2, 0.25) is 0 Å². The van der Waals surface area contributed by atoms with Crippen LogP contribution < -0.4 is 10.6 Å². The molecular weight excluding hydrogens is 364 g/mol. The minimum atomic E-state index is -0.278. The fourth-order valence-electron chi connectivity index (χ4n) is 2.61. The van der Waals surface area contributed by atoms with Gasteiger partial charge in [0.25, 0.3) is 5.91 Å². The van der Waals surface area contributed by atoms with Gasteiger partial charge in [0.1, 0.15) is 5.56 Å². The van der Waals surface area contributed by atoms with Crippen molar-refractivity contribution in [1.82, 2.24) is 10.1 Å². The molecule has 3 rings (SSSR count). The number of aryl methyl sites for hydroxylation is 1. The van der Waals surface area contributed by atoms with E-state index in [9.17, 15) is 9.59 Å². The average molecular weight is 384 g/mol. The summed E-state index contributed by atoms with van der Waals surface area (Å²) in [6.45, 7) is 7.10. The van der Waals surface area contributed by atoms with Gasteiger partial charge >= 0.3 is 0 Å². The van der Waals surface area contributed by atoms with Crippen LogP contribution in [0, 0.1) is 6.92 Å². The van der Waals surface area contributed by atoms with Crippen LogP contribution in [-0.4, -0.2) is 22.0 Å². The highest BCUT2D eigenvalue weighted by molar-refractivity contribution is 7.14. The summed E-state index contributed by atoms with van der Waals surface area (Å²) in [5, 5.41) is 11.8. The lowest BCUT2D eigenvalue weighted by molar-refractivity contribution is -0.114. The SMILES string of the molecule is CC(=O)Nc1ccc(-c2csc(NC(=O)c3c(C)noc3C(C)C)n2)cc1. The van der Waals surface area contributed by atoms with Gasteiger partial charge in [-0.3, -0.25) is 14.9 Å². The van der Waals surface area contributed by atoms with E-state index in [1.165, 1.54) is 18.3 Å². The first-order chi connectivity index (χ1) is 12.8.